The quantitative estimate of drug-likeness (QED) is 0.755. The standard InChI is InChI=1S/C21H23N3O4S/c1-23(13-19(25)22-15-6-5-7-16(12-15)28-2)20(26)10-11-24-17-8-3-4-9-18(17)29-14-21(24)27/h3-9,12H,10-11,13-14H2,1-2H3,(H,22,25). The minimum absolute atomic E-state index is 0.0140. The first-order valence-corrected chi connectivity index (χ1v) is 10.2. The highest BCUT2D eigenvalue weighted by atomic mass is 32.2. The van der Waals surface area contributed by atoms with E-state index in [1.54, 1.807) is 43.3 Å². The molecule has 7 nitrogen and oxygen atoms in total. The maximum Gasteiger partial charge on any atom is 0.243 e. The van der Waals surface area contributed by atoms with Gasteiger partial charge in [0, 0.05) is 36.7 Å². The van der Waals surface area contributed by atoms with E-state index in [1.807, 2.05) is 24.3 Å². The molecule has 29 heavy (non-hydrogen) atoms. The van der Waals surface area contributed by atoms with Crippen LogP contribution in [-0.2, 0) is 14.4 Å². The molecule has 1 aliphatic rings. The van der Waals surface area contributed by atoms with E-state index in [1.165, 1.54) is 16.7 Å². The predicted octanol–water partition coefficient (Wildman–Crippen LogP) is 2.62. The summed E-state index contributed by atoms with van der Waals surface area (Å²) in [6.45, 7) is 0.216. The normalized spacial score (nSPS) is 12.9. The van der Waals surface area contributed by atoms with Crippen LogP contribution in [0.5, 0.6) is 5.75 Å². The van der Waals surface area contributed by atoms with Crippen molar-refractivity contribution in [3.8, 4) is 5.75 Å². The lowest BCUT2D eigenvalue weighted by Gasteiger charge is -2.29. The Bertz CT molecular complexity index is 918. The van der Waals surface area contributed by atoms with Gasteiger partial charge in [0.15, 0.2) is 0 Å². The molecule has 0 fully saturated rings. The molecule has 0 unspecified atom stereocenters. The Morgan fingerprint density at radius 2 is 2.00 bits per heavy atom. The number of nitrogens with zero attached hydrogens (tertiary/aromatic N) is 2. The van der Waals surface area contributed by atoms with E-state index < -0.39 is 0 Å². The van der Waals surface area contributed by atoms with E-state index in [0.29, 0.717) is 17.2 Å². The van der Waals surface area contributed by atoms with Crippen LogP contribution in [0.25, 0.3) is 0 Å². The fourth-order valence-electron chi connectivity index (χ4n) is 3.00. The molecule has 8 heteroatoms. The molecule has 1 N–H and O–H groups in total. The third-order valence-corrected chi connectivity index (χ3v) is 5.57. The lowest BCUT2D eigenvalue weighted by molar-refractivity contribution is -0.133. The maximum atomic E-state index is 12.5. The zero-order chi connectivity index (χ0) is 20.8. The van der Waals surface area contributed by atoms with Crippen molar-refractivity contribution >= 4 is 40.9 Å². The Labute approximate surface area is 174 Å². The first-order chi connectivity index (χ1) is 14.0. The molecule has 2 aromatic rings. The molecule has 0 radical (unpaired) electrons. The fourth-order valence-corrected chi connectivity index (χ4v) is 3.94. The van der Waals surface area contributed by atoms with Crippen LogP contribution in [0.15, 0.2) is 53.4 Å². The SMILES string of the molecule is COc1cccc(NC(=O)CN(C)C(=O)CCN2C(=O)CSc3ccccc32)c1. The molecule has 0 saturated heterocycles. The van der Waals surface area contributed by atoms with Gasteiger partial charge >= 0.3 is 0 Å². The van der Waals surface area contributed by atoms with Gasteiger partial charge < -0.3 is 19.9 Å². The predicted molar refractivity (Wildman–Crippen MR) is 113 cm³/mol. The Morgan fingerprint density at radius 1 is 1.21 bits per heavy atom. The molecule has 0 aromatic heterocycles. The van der Waals surface area contributed by atoms with Crippen LogP contribution in [0.1, 0.15) is 6.42 Å². The van der Waals surface area contributed by atoms with Gasteiger partial charge in [0.2, 0.25) is 17.7 Å². The lowest BCUT2D eigenvalue weighted by Crippen LogP contribution is -2.40. The van der Waals surface area contributed by atoms with Crippen LogP contribution in [0.3, 0.4) is 0 Å². The van der Waals surface area contributed by atoms with Crippen molar-refractivity contribution in [2.75, 3.05) is 43.2 Å². The second-order valence-electron chi connectivity index (χ2n) is 6.58. The maximum absolute atomic E-state index is 12.5. The lowest BCUT2D eigenvalue weighted by atomic mass is 10.2. The number of nitrogens with one attached hydrogen (secondary N) is 1. The Balaban J connectivity index is 1.53. The molecule has 0 bridgehead atoms. The number of methoxy groups -OCH3 is 1. The number of fused-ring (bicyclic) bond motifs is 1. The van der Waals surface area contributed by atoms with Gasteiger partial charge in [-0.2, -0.15) is 0 Å². The van der Waals surface area contributed by atoms with Gasteiger partial charge in [-0.05, 0) is 24.3 Å². The van der Waals surface area contributed by atoms with Crippen LogP contribution < -0.4 is 15.0 Å². The number of rotatable bonds is 7. The average Bonchev–Trinajstić information content (AvgIpc) is 2.72. The van der Waals surface area contributed by atoms with Gasteiger partial charge in [0.05, 0.1) is 25.1 Å². The number of benzene rings is 2. The van der Waals surface area contributed by atoms with E-state index in [9.17, 15) is 14.4 Å². The number of anilines is 2. The molecule has 1 heterocycles. The van der Waals surface area contributed by atoms with Gasteiger partial charge in [-0.1, -0.05) is 18.2 Å². The summed E-state index contributed by atoms with van der Waals surface area (Å²) in [5, 5.41) is 2.75. The first kappa shape index (κ1) is 20.7. The van der Waals surface area contributed by atoms with Crippen molar-refractivity contribution < 1.29 is 19.1 Å². The van der Waals surface area contributed by atoms with Crippen LogP contribution in [0, 0.1) is 0 Å². The highest BCUT2D eigenvalue weighted by Gasteiger charge is 2.25. The summed E-state index contributed by atoms with van der Waals surface area (Å²) in [5.74, 6) is 0.486. The van der Waals surface area contributed by atoms with Crippen LogP contribution in [0.2, 0.25) is 0 Å². The Hall–Kier alpha value is -3.00. The van der Waals surface area contributed by atoms with Gasteiger partial charge in [-0.15, -0.1) is 11.8 Å². The molecule has 3 rings (SSSR count). The van der Waals surface area contributed by atoms with E-state index in [2.05, 4.69) is 5.32 Å². The molecular formula is C21H23N3O4S. The zero-order valence-corrected chi connectivity index (χ0v) is 17.2. The van der Waals surface area contributed by atoms with Crippen LogP contribution in [0.4, 0.5) is 11.4 Å². The van der Waals surface area contributed by atoms with Gasteiger partial charge in [0.25, 0.3) is 0 Å². The zero-order valence-electron chi connectivity index (χ0n) is 16.4. The number of thioether (sulfide) groups is 1. The summed E-state index contributed by atoms with van der Waals surface area (Å²) in [6, 6.07) is 14.7. The summed E-state index contributed by atoms with van der Waals surface area (Å²) in [5.41, 5.74) is 1.43. The highest BCUT2D eigenvalue weighted by molar-refractivity contribution is 8.00. The minimum atomic E-state index is -0.301. The van der Waals surface area contributed by atoms with Crippen molar-refractivity contribution in [2.24, 2.45) is 0 Å². The van der Waals surface area contributed by atoms with Crippen LogP contribution in [-0.4, -0.2) is 55.6 Å². The molecule has 0 saturated carbocycles. The van der Waals surface area contributed by atoms with Crippen molar-refractivity contribution in [3.63, 3.8) is 0 Å². The van der Waals surface area contributed by atoms with Crippen molar-refractivity contribution in [3.05, 3.63) is 48.5 Å². The van der Waals surface area contributed by atoms with E-state index in [4.69, 9.17) is 4.74 Å². The molecule has 0 spiro atoms. The summed E-state index contributed by atoms with van der Waals surface area (Å²) >= 11 is 1.50. The molecule has 2 aromatic carbocycles. The topological polar surface area (TPSA) is 79.0 Å². The van der Waals surface area contributed by atoms with Gasteiger partial charge in [-0.3, -0.25) is 14.4 Å². The molecule has 0 aliphatic carbocycles. The summed E-state index contributed by atoms with van der Waals surface area (Å²) in [4.78, 5) is 41.0. The molecular weight excluding hydrogens is 390 g/mol. The molecule has 1 aliphatic heterocycles. The first-order valence-electron chi connectivity index (χ1n) is 9.18. The highest BCUT2D eigenvalue weighted by Crippen LogP contribution is 2.34. The number of para-hydroxylation sites is 1. The van der Waals surface area contributed by atoms with E-state index in [0.717, 1.165) is 10.6 Å². The summed E-state index contributed by atoms with van der Waals surface area (Å²) < 4.78 is 5.13. The molecule has 3 amide bonds. The number of hydrogen-bond donors (Lipinski definition) is 1. The molecule has 152 valence electrons. The second-order valence-corrected chi connectivity index (χ2v) is 7.60. The third kappa shape index (κ3) is 5.29. The minimum Gasteiger partial charge on any atom is -0.497 e. The van der Waals surface area contributed by atoms with E-state index >= 15 is 0 Å². The van der Waals surface area contributed by atoms with Gasteiger partial charge in [0.1, 0.15) is 5.75 Å². The fraction of sp³-hybridized carbons (Fsp3) is 0.286. The number of ether oxygens (including phenoxy) is 1. The van der Waals surface area contributed by atoms with Crippen molar-refractivity contribution in [1.29, 1.82) is 0 Å². The smallest absolute Gasteiger partial charge is 0.243 e. The van der Waals surface area contributed by atoms with Gasteiger partial charge in [-0.25, -0.2) is 0 Å². The Kier molecular flexibility index (Phi) is 6.77. The number of hydrogen-bond acceptors (Lipinski definition) is 5. The van der Waals surface area contributed by atoms with Crippen molar-refractivity contribution in [2.45, 2.75) is 11.3 Å². The number of amides is 3. The number of likely N-dealkylation sites (N-methyl/N-ethyl adjacent to an activating group) is 1. The molecule has 0 atom stereocenters. The summed E-state index contributed by atoms with van der Waals surface area (Å²) in [7, 11) is 3.13. The monoisotopic (exact) mass is 413 g/mol. The van der Waals surface area contributed by atoms with E-state index in [-0.39, 0.29) is 37.2 Å². The third-order valence-electron chi connectivity index (χ3n) is 4.52. The van der Waals surface area contributed by atoms with Crippen molar-refractivity contribution in [1.82, 2.24) is 4.90 Å². The van der Waals surface area contributed by atoms with Crippen LogP contribution >= 0.6 is 11.8 Å². The largest absolute Gasteiger partial charge is 0.497 e. The number of carbonyl (C=O) groups excluding carboxylic acids is 3. The summed E-state index contributed by atoms with van der Waals surface area (Å²) in [6.07, 6.45) is 0.147. The Morgan fingerprint density at radius 3 is 2.79 bits per heavy atom. The second kappa shape index (κ2) is 9.47. The average molecular weight is 413 g/mol. The number of carbonyl (C=O) groups is 3.